The van der Waals surface area contributed by atoms with Crippen LogP contribution >= 0.6 is 22.6 Å². The van der Waals surface area contributed by atoms with Crippen LogP contribution in [0.15, 0.2) is 54.6 Å². The van der Waals surface area contributed by atoms with Gasteiger partial charge in [-0.1, -0.05) is 65.1 Å². The molecule has 0 aliphatic carbocycles. The van der Waals surface area contributed by atoms with Crippen molar-refractivity contribution in [2.45, 2.75) is 25.9 Å². The zero-order valence-corrected chi connectivity index (χ0v) is 13.2. The van der Waals surface area contributed by atoms with Crippen LogP contribution in [0.25, 0.3) is 0 Å². The molecule has 0 unspecified atom stereocenters. The van der Waals surface area contributed by atoms with Gasteiger partial charge in [-0.3, -0.25) is 0 Å². The standard InChI is InChI=1S/C17H19IO/c18-12-5-4-7-15-10-6-11-17(13-15)19-14-16-8-2-1-3-9-16/h1-3,6,8-11,13H,4-5,7,12,14H2. The van der Waals surface area contributed by atoms with Crippen molar-refractivity contribution in [2.75, 3.05) is 4.43 Å². The van der Waals surface area contributed by atoms with Gasteiger partial charge in [0.15, 0.2) is 0 Å². The second kappa shape index (κ2) is 8.20. The molecule has 2 aromatic carbocycles. The molecule has 0 bridgehead atoms. The van der Waals surface area contributed by atoms with Crippen LogP contribution in [-0.2, 0) is 13.0 Å². The molecule has 0 saturated heterocycles. The second-order valence-electron chi connectivity index (χ2n) is 4.57. The van der Waals surface area contributed by atoms with Crippen molar-refractivity contribution in [3.63, 3.8) is 0 Å². The highest BCUT2D eigenvalue weighted by Crippen LogP contribution is 2.17. The second-order valence-corrected chi connectivity index (χ2v) is 5.65. The molecule has 2 heteroatoms. The predicted molar refractivity (Wildman–Crippen MR) is 89.0 cm³/mol. The quantitative estimate of drug-likeness (QED) is 0.380. The molecule has 0 saturated carbocycles. The summed E-state index contributed by atoms with van der Waals surface area (Å²) in [5.41, 5.74) is 2.58. The van der Waals surface area contributed by atoms with Gasteiger partial charge in [0.1, 0.15) is 12.4 Å². The van der Waals surface area contributed by atoms with Gasteiger partial charge in [-0.2, -0.15) is 0 Å². The fourth-order valence-corrected chi connectivity index (χ4v) is 2.49. The molecule has 2 aromatic rings. The molecular weight excluding hydrogens is 347 g/mol. The third-order valence-electron chi connectivity index (χ3n) is 3.00. The van der Waals surface area contributed by atoms with E-state index in [1.165, 1.54) is 28.4 Å². The highest BCUT2D eigenvalue weighted by Gasteiger charge is 1.98. The van der Waals surface area contributed by atoms with E-state index in [0.717, 1.165) is 12.2 Å². The molecule has 19 heavy (non-hydrogen) atoms. The van der Waals surface area contributed by atoms with Gasteiger partial charge in [0, 0.05) is 0 Å². The van der Waals surface area contributed by atoms with Gasteiger partial charge in [0.2, 0.25) is 0 Å². The van der Waals surface area contributed by atoms with Crippen molar-refractivity contribution in [2.24, 2.45) is 0 Å². The summed E-state index contributed by atoms with van der Waals surface area (Å²) in [5, 5.41) is 0. The number of rotatable bonds is 7. The van der Waals surface area contributed by atoms with Gasteiger partial charge in [0.05, 0.1) is 0 Å². The maximum atomic E-state index is 5.84. The molecule has 0 aliphatic rings. The molecule has 1 nitrogen and oxygen atoms in total. The minimum atomic E-state index is 0.637. The van der Waals surface area contributed by atoms with Crippen LogP contribution in [0.4, 0.5) is 0 Å². The van der Waals surface area contributed by atoms with Crippen molar-refractivity contribution in [1.29, 1.82) is 0 Å². The van der Waals surface area contributed by atoms with E-state index in [2.05, 4.69) is 52.9 Å². The molecule has 0 aliphatic heterocycles. The van der Waals surface area contributed by atoms with Crippen molar-refractivity contribution >= 4 is 22.6 Å². The molecule has 0 amide bonds. The summed E-state index contributed by atoms with van der Waals surface area (Å²) in [7, 11) is 0. The Balaban J connectivity index is 1.88. The van der Waals surface area contributed by atoms with E-state index in [9.17, 15) is 0 Å². The largest absolute Gasteiger partial charge is 0.489 e. The van der Waals surface area contributed by atoms with E-state index in [1.807, 2.05) is 24.3 Å². The Hall–Kier alpha value is -1.03. The van der Waals surface area contributed by atoms with Crippen molar-refractivity contribution in [3.8, 4) is 5.75 Å². The summed E-state index contributed by atoms with van der Waals surface area (Å²) < 4.78 is 7.08. The van der Waals surface area contributed by atoms with E-state index in [4.69, 9.17) is 4.74 Å². The number of hydrogen-bond acceptors (Lipinski definition) is 1. The number of alkyl halides is 1. The van der Waals surface area contributed by atoms with E-state index < -0.39 is 0 Å². The van der Waals surface area contributed by atoms with Gasteiger partial charge in [-0.15, -0.1) is 0 Å². The fourth-order valence-electron chi connectivity index (χ4n) is 1.96. The maximum absolute atomic E-state index is 5.84. The summed E-state index contributed by atoms with van der Waals surface area (Å²) in [4.78, 5) is 0. The van der Waals surface area contributed by atoms with Gasteiger partial charge in [-0.25, -0.2) is 0 Å². The van der Waals surface area contributed by atoms with Gasteiger partial charge in [0.25, 0.3) is 0 Å². The van der Waals surface area contributed by atoms with Crippen LogP contribution in [0.3, 0.4) is 0 Å². The molecule has 0 N–H and O–H groups in total. The molecule has 0 spiro atoms. The first-order valence-electron chi connectivity index (χ1n) is 6.70. The summed E-state index contributed by atoms with van der Waals surface area (Å²) in [6.07, 6.45) is 3.69. The number of unbranched alkanes of at least 4 members (excludes halogenated alkanes) is 1. The average molecular weight is 366 g/mol. The lowest BCUT2D eigenvalue weighted by molar-refractivity contribution is 0.306. The van der Waals surface area contributed by atoms with Crippen molar-refractivity contribution in [3.05, 3.63) is 65.7 Å². The minimum Gasteiger partial charge on any atom is -0.489 e. The smallest absolute Gasteiger partial charge is 0.120 e. The SMILES string of the molecule is ICCCCc1cccc(OCc2ccccc2)c1. The highest BCUT2D eigenvalue weighted by molar-refractivity contribution is 14.1. The van der Waals surface area contributed by atoms with Crippen LogP contribution in [0.5, 0.6) is 5.75 Å². The number of hydrogen-bond donors (Lipinski definition) is 0. The molecule has 0 radical (unpaired) electrons. The zero-order chi connectivity index (χ0) is 13.3. The maximum Gasteiger partial charge on any atom is 0.120 e. The van der Waals surface area contributed by atoms with Crippen LogP contribution < -0.4 is 4.74 Å². The number of aryl methyl sites for hydroxylation is 1. The molecule has 0 aromatic heterocycles. The van der Waals surface area contributed by atoms with Gasteiger partial charge < -0.3 is 4.74 Å². The lowest BCUT2D eigenvalue weighted by Crippen LogP contribution is -1.95. The first-order valence-corrected chi connectivity index (χ1v) is 8.22. The summed E-state index contributed by atoms with van der Waals surface area (Å²) in [5.74, 6) is 0.968. The van der Waals surface area contributed by atoms with Gasteiger partial charge in [-0.05, 0) is 46.9 Å². The number of halogens is 1. The van der Waals surface area contributed by atoms with E-state index in [0.29, 0.717) is 6.61 Å². The van der Waals surface area contributed by atoms with E-state index in [-0.39, 0.29) is 0 Å². The normalized spacial score (nSPS) is 10.4. The van der Waals surface area contributed by atoms with E-state index in [1.54, 1.807) is 0 Å². The van der Waals surface area contributed by atoms with E-state index >= 15 is 0 Å². The Morgan fingerprint density at radius 3 is 2.42 bits per heavy atom. The third kappa shape index (κ3) is 5.23. The topological polar surface area (TPSA) is 9.23 Å². The minimum absolute atomic E-state index is 0.637. The van der Waals surface area contributed by atoms with Crippen LogP contribution in [-0.4, -0.2) is 4.43 Å². The fraction of sp³-hybridized carbons (Fsp3) is 0.294. The highest BCUT2D eigenvalue weighted by atomic mass is 127. The number of benzene rings is 2. The average Bonchev–Trinajstić information content (AvgIpc) is 2.47. The van der Waals surface area contributed by atoms with Crippen LogP contribution in [0.2, 0.25) is 0 Å². The van der Waals surface area contributed by atoms with Gasteiger partial charge >= 0.3 is 0 Å². The molecule has 0 atom stereocenters. The molecule has 2 rings (SSSR count). The Kier molecular flexibility index (Phi) is 6.21. The Labute approximate surface area is 129 Å². The monoisotopic (exact) mass is 366 g/mol. The summed E-state index contributed by atoms with van der Waals surface area (Å²) >= 11 is 2.43. The molecule has 0 fully saturated rings. The molecular formula is C17H19IO. The lowest BCUT2D eigenvalue weighted by Gasteiger charge is -2.08. The van der Waals surface area contributed by atoms with Crippen molar-refractivity contribution in [1.82, 2.24) is 0 Å². The Bertz CT molecular complexity index is 482. The molecule has 100 valence electrons. The first kappa shape index (κ1) is 14.4. The molecule has 0 heterocycles. The Morgan fingerprint density at radius 1 is 0.842 bits per heavy atom. The van der Waals surface area contributed by atoms with Crippen molar-refractivity contribution < 1.29 is 4.74 Å². The first-order chi connectivity index (χ1) is 9.38. The van der Waals surface area contributed by atoms with Crippen LogP contribution in [0, 0.1) is 0 Å². The Morgan fingerprint density at radius 2 is 1.63 bits per heavy atom. The number of ether oxygens (including phenoxy) is 1. The third-order valence-corrected chi connectivity index (χ3v) is 3.76. The predicted octanol–water partition coefficient (Wildman–Crippen LogP) is 5.02. The summed E-state index contributed by atoms with van der Waals surface area (Å²) in [6, 6.07) is 18.7. The zero-order valence-electron chi connectivity index (χ0n) is 11.0. The lowest BCUT2D eigenvalue weighted by atomic mass is 10.1. The summed E-state index contributed by atoms with van der Waals surface area (Å²) in [6.45, 7) is 0.637. The van der Waals surface area contributed by atoms with Crippen LogP contribution in [0.1, 0.15) is 24.0 Å².